The monoisotopic (exact) mass is 456 g/mol. The van der Waals surface area contributed by atoms with Crippen molar-refractivity contribution in [2.75, 3.05) is 26.8 Å². The highest BCUT2D eigenvalue weighted by Gasteiger charge is 2.35. The minimum Gasteiger partial charge on any atom is -0.495 e. The van der Waals surface area contributed by atoms with E-state index in [2.05, 4.69) is 5.16 Å². The van der Waals surface area contributed by atoms with Gasteiger partial charge in [0.05, 0.1) is 13.7 Å². The third-order valence-electron chi connectivity index (χ3n) is 5.48. The molecule has 0 N–H and O–H groups in total. The molecule has 8 nitrogen and oxygen atoms in total. The van der Waals surface area contributed by atoms with Crippen LogP contribution in [-0.2, 0) is 14.8 Å². The quantitative estimate of drug-likeness (QED) is 0.500. The number of hydrogen-bond donors (Lipinski definition) is 0. The molecule has 1 unspecified atom stereocenters. The fraction of sp³-hybridized carbons (Fsp3) is 0.304. The van der Waals surface area contributed by atoms with E-state index >= 15 is 0 Å². The molecule has 1 aliphatic rings. The van der Waals surface area contributed by atoms with Crippen LogP contribution in [0.5, 0.6) is 5.75 Å². The molecule has 2 aromatic carbocycles. The summed E-state index contributed by atoms with van der Waals surface area (Å²) >= 11 is 0. The molecule has 1 atom stereocenters. The molecule has 1 saturated heterocycles. The lowest BCUT2D eigenvalue weighted by molar-refractivity contribution is 0.0514. The highest BCUT2D eigenvalue weighted by atomic mass is 32.2. The van der Waals surface area contributed by atoms with Gasteiger partial charge in [-0.25, -0.2) is 13.2 Å². The summed E-state index contributed by atoms with van der Waals surface area (Å²) in [6, 6.07) is 16.0. The van der Waals surface area contributed by atoms with Gasteiger partial charge in [-0.05, 0) is 43.0 Å². The molecule has 0 amide bonds. The Morgan fingerprint density at radius 1 is 1.19 bits per heavy atom. The summed E-state index contributed by atoms with van der Waals surface area (Å²) in [5.74, 6) is 0.0345. The van der Waals surface area contributed by atoms with Gasteiger partial charge in [0.15, 0.2) is 11.5 Å². The Balaban J connectivity index is 1.63. The Kier molecular flexibility index (Phi) is 6.29. The first-order valence-electron chi connectivity index (χ1n) is 10.3. The summed E-state index contributed by atoms with van der Waals surface area (Å²) in [4.78, 5) is 11.9. The van der Waals surface area contributed by atoms with E-state index in [9.17, 15) is 13.2 Å². The zero-order chi connectivity index (χ0) is 22.7. The van der Waals surface area contributed by atoms with Crippen LogP contribution < -0.4 is 4.74 Å². The van der Waals surface area contributed by atoms with Crippen LogP contribution in [0.15, 0.2) is 64.0 Å². The fourth-order valence-electron chi connectivity index (χ4n) is 3.83. The normalized spacial score (nSPS) is 16.8. The Morgan fingerprint density at radius 3 is 2.69 bits per heavy atom. The average molecular weight is 457 g/mol. The smallest absolute Gasteiger partial charge is 0.360 e. The Hall–Kier alpha value is -3.17. The van der Waals surface area contributed by atoms with E-state index in [1.807, 2.05) is 30.3 Å². The minimum absolute atomic E-state index is 0.0207. The molecule has 0 spiro atoms. The molecule has 168 valence electrons. The number of benzene rings is 2. The SMILES string of the molecule is CCOC(=O)c1cc(-c2ccc(OC)c(S(=O)(=O)N3CCC(c4ccccc4)C3)c2)on1. The van der Waals surface area contributed by atoms with E-state index in [0.717, 1.165) is 12.0 Å². The number of esters is 1. The van der Waals surface area contributed by atoms with Crippen LogP contribution in [0.25, 0.3) is 11.3 Å². The van der Waals surface area contributed by atoms with Crippen molar-refractivity contribution in [1.29, 1.82) is 0 Å². The maximum absolute atomic E-state index is 13.5. The molecular formula is C23H24N2O6S. The molecule has 0 radical (unpaired) electrons. The van der Waals surface area contributed by atoms with Crippen molar-refractivity contribution in [1.82, 2.24) is 9.46 Å². The van der Waals surface area contributed by atoms with Gasteiger partial charge in [-0.15, -0.1) is 0 Å². The van der Waals surface area contributed by atoms with Gasteiger partial charge in [0.1, 0.15) is 10.6 Å². The van der Waals surface area contributed by atoms with Crippen molar-refractivity contribution in [2.24, 2.45) is 0 Å². The van der Waals surface area contributed by atoms with Crippen molar-refractivity contribution in [3.8, 4) is 17.1 Å². The second-order valence-electron chi connectivity index (χ2n) is 7.42. The molecule has 2 heterocycles. The number of carbonyl (C=O) groups is 1. The molecule has 32 heavy (non-hydrogen) atoms. The predicted octanol–water partition coefficient (Wildman–Crippen LogP) is 3.71. The number of sulfonamides is 1. The standard InChI is InChI=1S/C23H24N2O6S/c1-3-30-23(26)19-14-21(31-24-19)17-9-10-20(29-2)22(13-17)32(27,28)25-12-11-18(15-25)16-7-5-4-6-8-16/h4-10,13-14,18H,3,11-12,15H2,1-2H3. The minimum atomic E-state index is -3.82. The summed E-state index contributed by atoms with van der Waals surface area (Å²) in [6.45, 7) is 2.73. The van der Waals surface area contributed by atoms with E-state index in [0.29, 0.717) is 18.7 Å². The Bertz CT molecular complexity index is 1210. The number of methoxy groups -OCH3 is 1. The molecule has 0 aliphatic carbocycles. The van der Waals surface area contributed by atoms with E-state index in [4.69, 9.17) is 14.0 Å². The highest BCUT2D eigenvalue weighted by Crippen LogP contribution is 2.36. The molecule has 1 fully saturated rings. The second-order valence-corrected chi connectivity index (χ2v) is 9.33. The maximum Gasteiger partial charge on any atom is 0.360 e. The van der Waals surface area contributed by atoms with Crippen LogP contribution >= 0.6 is 0 Å². The fourth-order valence-corrected chi connectivity index (χ4v) is 5.51. The molecule has 1 aliphatic heterocycles. The van der Waals surface area contributed by atoms with Gasteiger partial charge in [-0.2, -0.15) is 4.31 Å². The van der Waals surface area contributed by atoms with Crippen LogP contribution in [0.3, 0.4) is 0 Å². The third kappa shape index (κ3) is 4.26. The Labute approximate surface area is 186 Å². The largest absolute Gasteiger partial charge is 0.495 e. The van der Waals surface area contributed by atoms with Crippen molar-refractivity contribution >= 4 is 16.0 Å². The van der Waals surface area contributed by atoms with Gasteiger partial charge in [-0.1, -0.05) is 35.5 Å². The molecule has 4 rings (SSSR count). The van der Waals surface area contributed by atoms with Gasteiger partial charge >= 0.3 is 5.97 Å². The van der Waals surface area contributed by atoms with Gasteiger partial charge in [-0.3, -0.25) is 0 Å². The van der Waals surface area contributed by atoms with Gasteiger partial charge in [0.2, 0.25) is 10.0 Å². The van der Waals surface area contributed by atoms with Crippen LogP contribution in [0.2, 0.25) is 0 Å². The van der Waals surface area contributed by atoms with Crippen molar-refractivity contribution in [3.05, 3.63) is 65.9 Å². The molecule has 0 bridgehead atoms. The van der Waals surface area contributed by atoms with Crippen molar-refractivity contribution < 1.29 is 27.2 Å². The van der Waals surface area contributed by atoms with E-state index < -0.39 is 16.0 Å². The topological polar surface area (TPSA) is 98.9 Å². The number of aromatic nitrogens is 1. The van der Waals surface area contributed by atoms with Crippen LogP contribution in [-0.4, -0.2) is 50.7 Å². The highest BCUT2D eigenvalue weighted by molar-refractivity contribution is 7.89. The van der Waals surface area contributed by atoms with Gasteiger partial charge in [0, 0.05) is 24.7 Å². The first-order valence-corrected chi connectivity index (χ1v) is 11.8. The van der Waals surface area contributed by atoms with Crippen molar-refractivity contribution in [2.45, 2.75) is 24.2 Å². The second kappa shape index (κ2) is 9.13. The zero-order valence-corrected chi connectivity index (χ0v) is 18.7. The van der Waals surface area contributed by atoms with E-state index in [1.54, 1.807) is 19.1 Å². The Morgan fingerprint density at radius 2 is 1.97 bits per heavy atom. The summed E-state index contributed by atoms with van der Waals surface area (Å²) < 4.78 is 44.0. The lowest BCUT2D eigenvalue weighted by Crippen LogP contribution is -2.29. The molecule has 9 heteroatoms. The lowest BCUT2D eigenvalue weighted by atomic mass is 9.99. The maximum atomic E-state index is 13.5. The lowest BCUT2D eigenvalue weighted by Gasteiger charge is -2.19. The summed E-state index contributed by atoms with van der Waals surface area (Å²) in [6.07, 6.45) is 0.746. The molecule has 1 aromatic heterocycles. The van der Waals surface area contributed by atoms with Crippen LogP contribution in [0.1, 0.15) is 35.3 Å². The summed E-state index contributed by atoms with van der Waals surface area (Å²) in [5, 5.41) is 3.73. The van der Waals surface area contributed by atoms with Gasteiger partial charge < -0.3 is 14.0 Å². The van der Waals surface area contributed by atoms with Crippen LogP contribution in [0, 0.1) is 0 Å². The van der Waals surface area contributed by atoms with Gasteiger partial charge in [0.25, 0.3) is 0 Å². The number of rotatable bonds is 7. The summed E-state index contributed by atoms with van der Waals surface area (Å²) in [7, 11) is -2.39. The molecule has 0 saturated carbocycles. The third-order valence-corrected chi connectivity index (χ3v) is 7.37. The number of carbonyl (C=O) groups excluding carboxylic acids is 1. The zero-order valence-electron chi connectivity index (χ0n) is 17.9. The molecular weight excluding hydrogens is 432 g/mol. The average Bonchev–Trinajstić information content (AvgIpc) is 3.50. The summed E-state index contributed by atoms with van der Waals surface area (Å²) in [5.41, 5.74) is 1.61. The number of ether oxygens (including phenoxy) is 2. The van der Waals surface area contributed by atoms with E-state index in [-0.39, 0.29) is 34.6 Å². The van der Waals surface area contributed by atoms with E-state index in [1.165, 1.54) is 23.5 Å². The number of hydrogen-bond acceptors (Lipinski definition) is 7. The van der Waals surface area contributed by atoms with Crippen LogP contribution in [0.4, 0.5) is 0 Å². The first kappa shape index (κ1) is 22.0. The predicted molar refractivity (Wildman–Crippen MR) is 117 cm³/mol. The number of nitrogens with zero attached hydrogens (tertiary/aromatic N) is 2. The van der Waals surface area contributed by atoms with Crippen molar-refractivity contribution in [3.63, 3.8) is 0 Å². The first-order chi connectivity index (χ1) is 15.4. The molecule has 3 aromatic rings.